The summed E-state index contributed by atoms with van der Waals surface area (Å²) in [5, 5.41) is 3.74. The number of carbonyl (C=O) groups excluding carboxylic acids is 1. The molecule has 3 aromatic rings. The van der Waals surface area contributed by atoms with Crippen LogP contribution < -0.4 is 15.6 Å². The fraction of sp³-hybridized carbons (Fsp3) is 0.200. The van der Waals surface area contributed by atoms with E-state index in [1.54, 1.807) is 31.4 Å². The van der Waals surface area contributed by atoms with E-state index in [4.69, 9.17) is 4.74 Å². The molecule has 0 aliphatic rings. The summed E-state index contributed by atoms with van der Waals surface area (Å²) in [5.41, 5.74) is 3.85. The molecule has 25 heavy (non-hydrogen) atoms. The van der Waals surface area contributed by atoms with Crippen LogP contribution in [0.15, 0.2) is 47.3 Å². The van der Waals surface area contributed by atoms with Crippen LogP contribution in [0.2, 0.25) is 0 Å². The molecule has 0 fully saturated rings. The third-order valence-corrected chi connectivity index (χ3v) is 4.40. The number of methoxy groups -OCH3 is 1. The molecule has 2 N–H and O–H groups in total. The Morgan fingerprint density at radius 1 is 1.16 bits per heavy atom. The molecule has 0 atom stereocenters. The Bertz CT molecular complexity index is 1010. The van der Waals surface area contributed by atoms with Crippen LogP contribution >= 0.6 is 0 Å². The number of aromatic amines is 1. The molecule has 0 aliphatic carbocycles. The summed E-state index contributed by atoms with van der Waals surface area (Å²) in [7, 11) is 1.55. The van der Waals surface area contributed by atoms with Gasteiger partial charge in [-0.05, 0) is 54.6 Å². The highest BCUT2D eigenvalue weighted by molar-refractivity contribution is 5.94. The number of aryl methyl sites for hydroxylation is 2. The smallest absolute Gasteiger partial charge is 0.253 e. The first-order chi connectivity index (χ1) is 12.0. The second kappa shape index (κ2) is 6.81. The molecule has 1 heterocycles. The van der Waals surface area contributed by atoms with Crippen LogP contribution in [0.1, 0.15) is 27.0 Å². The van der Waals surface area contributed by atoms with Crippen molar-refractivity contribution in [2.75, 3.05) is 7.11 Å². The molecule has 5 heteroatoms. The molecule has 2 aromatic carbocycles. The molecule has 5 nitrogen and oxygen atoms in total. The minimum atomic E-state index is -0.251. The van der Waals surface area contributed by atoms with E-state index >= 15 is 0 Å². The monoisotopic (exact) mass is 336 g/mol. The number of aromatic nitrogens is 1. The maximum absolute atomic E-state index is 12.3. The number of rotatable bonds is 4. The minimum absolute atomic E-state index is 0.161. The van der Waals surface area contributed by atoms with Gasteiger partial charge in [0.05, 0.1) is 12.6 Å². The number of hydrogen-bond donors (Lipinski definition) is 2. The number of amides is 1. The van der Waals surface area contributed by atoms with Gasteiger partial charge >= 0.3 is 0 Å². The van der Waals surface area contributed by atoms with Crippen LogP contribution in [0.5, 0.6) is 5.75 Å². The maximum atomic E-state index is 12.3. The SMILES string of the molecule is COc1cccc(C(=O)NCc2cc3ccc(C)c(C)c3[nH]c2=O)c1. The lowest BCUT2D eigenvalue weighted by Crippen LogP contribution is -2.26. The van der Waals surface area contributed by atoms with Crippen LogP contribution in [0, 0.1) is 13.8 Å². The Hall–Kier alpha value is -3.08. The van der Waals surface area contributed by atoms with Crippen molar-refractivity contribution in [3.63, 3.8) is 0 Å². The number of hydrogen-bond acceptors (Lipinski definition) is 3. The molecule has 3 rings (SSSR count). The van der Waals surface area contributed by atoms with Crippen molar-refractivity contribution in [1.82, 2.24) is 10.3 Å². The first-order valence-corrected chi connectivity index (χ1v) is 8.04. The summed E-state index contributed by atoms with van der Waals surface area (Å²) in [6.45, 7) is 4.15. The van der Waals surface area contributed by atoms with Gasteiger partial charge in [0.15, 0.2) is 0 Å². The Morgan fingerprint density at radius 3 is 2.72 bits per heavy atom. The maximum Gasteiger partial charge on any atom is 0.253 e. The van der Waals surface area contributed by atoms with Gasteiger partial charge in [0, 0.05) is 17.7 Å². The van der Waals surface area contributed by atoms with E-state index in [-0.39, 0.29) is 18.0 Å². The van der Waals surface area contributed by atoms with Crippen LogP contribution in [0.25, 0.3) is 10.9 Å². The standard InChI is InChI=1S/C20H20N2O3/c1-12-7-8-14-9-16(20(24)22-18(14)13(12)2)11-21-19(23)15-5-4-6-17(10-15)25-3/h4-10H,11H2,1-3H3,(H,21,23)(H,22,24). The number of nitrogens with one attached hydrogen (secondary N) is 2. The van der Waals surface area contributed by atoms with Crippen LogP contribution in [0.3, 0.4) is 0 Å². The molecular formula is C20H20N2O3. The largest absolute Gasteiger partial charge is 0.497 e. The van der Waals surface area contributed by atoms with Crippen molar-refractivity contribution >= 4 is 16.8 Å². The quantitative estimate of drug-likeness (QED) is 0.769. The molecule has 0 saturated heterocycles. The molecule has 0 aliphatic heterocycles. The summed E-state index contributed by atoms with van der Waals surface area (Å²) in [6, 6.07) is 12.7. The molecule has 0 bridgehead atoms. The molecule has 1 aromatic heterocycles. The predicted molar refractivity (Wildman–Crippen MR) is 98.2 cm³/mol. The predicted octanol–water partition coefficient (Wildman–Crippen LogP) is 3.08. The lowest BCUT2D eigenvalue weighted by atomic mass is 10.0. The Morgan fingerprint density at radius 2 is 1.96 bits per heavy atom. The zero-order valence-electron chi connectivity index (χ0n) is 14.5. The number of fused-ring (bicyclic) bond motifs is 1. The number of H-pyrrole nitrogens is 1. The van der Waals surface area contributed by atoms with Crippen molar-refractivity contribution in [1.29, 1.82) is 0 Å². The molecule has 0 radical (unpaired) electrons. The van der Waals surface area contributed by atoms with E-state index in [2.05, 4.69) is 10.3 Å². The fourth-order valence-corrected chi connectivity index (χ4v) is 2.74. The summed E-state index contributed by atoms with van der Waals surface area (Å²) in [5.74, 6) is 0.362. The lowest BCUT2D eigenvalue weighted by Gasteiger charge is -2.09. The van der Waals surface area contributed by atoms with Gasteiger partial charge in [0.1, 0.15) is 5.75 Å². The van der Waals surface area contributed by atoms with Gasteiger partial charge in [-0.1, -0.05) is 18.2 Å². The van der Waals surface area contributed by atoms with Gasteiger partial charge in [-0.2, -0.15) is 0 Å². The normalized spacial score (nSPS) is 10.7. The first kappa shape index (κ1) is 16.8. The van der Waals surface area contributed by atoms with E-state index in [0.717, 1.165) is 22.0 Å². The lowest BCUT2D eigenvalue weighted by molar-refractivity contribution is 0.0950. The summed E-state index contributed by atoms with van der Waals surface area (Å²) < 4.78 is 5.12. The first-order valence-electron chi connectivity index (χ1n) is 8.04. The van der Waals surface area contributed by atoms with E-state index in [0.29, 0.717) is 16.9 Å². The van der Waals surface area contributed by atoms with Gasteiger partial charge < -0.3 is 15.0 Å². The highest BCUT2D eigenvalue weighted by Crippen LogP contribution is 2.19. The molecule has 1 amide bonds. The molecule has 0 spiro atoms. The van der Waals surface area contributed by atoms with E-state index in [9.17, 15) is 9.59 Å². The number of benzene rings is 2. The molecule has 0 unspecified atom stereocenters. The number of ether oxygens (including phenoxy) is 1. The van der Waals surface area contributed by atoms with Gasteiger partial charge in [-0.25, -0.2) is 0 Å². The van der Waals surface area contributed by atoms with Gasteiger partial charge in [-0.3, -0.25) is 9.59 Å². The third kappa shape index (κ3) is 3.40. The second-order valence-corrected chi connectivity index (χ2v) is 6.01. The zero-order valence-corrected chi connectivity index (χ0v) is 14.5. The molecule has 128 valence electrons. The van der Waals surface area contributed by atoms with Crippen LogP contribution in [0.4, 0.5) is 0 Å². The van der Waals surface area contributed by atoms with Crippen molar-refractivity contribution < 1.29 is 9.53 Å². The second-order valence-electron chi connectivity index (χ2n) is 6.01. The highest BCUT2D eigenvalue weighted by atomic mass is 16.5. The minimum Gasteiger partial charge on any atom is -0.497 e. The van der Waals surface area contributed by atoms with E-state index in [1.165, 1.54) is 0 Å². The average molecular weight is 336 g/mol. The van der Waals surface area contributed by atoms with Gasteiger partial charge in [0.2, 0.25) is 0 Å². The Balaban J connectivity index is 1.83. The van der Waals surface area contributed by atoms with E-state index < -0.39 is 0 Å². The van der Waals surface area contributed by atoms with Gasteiger partial charge in [-0.15, -0.1) is 0 Å². The fourth-order valence-electron chi connectivity index (χ4n) is 2.74. The van der Waals surface area contributed by atoms with Crippen LogP contribution in [-0.4, -0.2) is 18.0 Å². The molecular weight excluding hydrogens is 316 g/mol. The summed E-state index contributed by atoms with van der Waals surface area (Å²) >= 11 is 0. The Labute approximate surface area is 145 Å². The third-order valence-electron chi connectivity index (χ3n) is 4.40. The zero-order chi connectivity index (χ0) is 18.0. The van der Waals surface area contributed by atoms with E-state index in [1.807, 2.05) is 32.0 Å². The summed E-state index contributed by atoms with van der Waals surface area (Å²) in [6.07, 6.45) is 0. The van der Waals surface area contributed by atoms with Crippen molar-refractivity contribution in [3.8, 4) is 5.75 Å². The van der Waals surface area contributed by atoms with Crippen molar-refractivity contribution in [3.05, 3.63) is 75.1 Å². The highest BCUT2D eigenvalue weighted by Gasteiger charge is 2.10. The topological polar surface area (TPSA) is 71.2 Å². The van der Waals surface area contributed by atoms with Crippen molar-refractivity contribution in [2.45, 2.75) is 20.4 Å². The number of carbonyl (C=O) groups is 1. The Kier molecular flexibility index (Phi) is 4.57. The van der Waals surface area contributed by atoms with Crippen LogP contribution in [-0.2, 0) is 6.54 Å². The average Bonchev–Trinajstić information content (AvgIpc) is 2.63. The van der Waals surface area contributed by atoms with Crippen molar-refractivity contribution in [2.24, 2.45) is 0 Å². The van der Waals surface area contributed by atoms with Gasteiger partial charge in [0.25, 0.3) is 11.5 Å². The summed E-state index contributed by atoms with van der Waals surface area (Å²) in [4.78, 5) is 27.5. The number of pyridine rings is 1. The molecule has 0 saturated carbocycles.